The Morgan fingerprint density at radius 2 is 1.67 bits per heavy atom. The van der Waals surface area contributed by atoms with Crippen LogP contribution in [0.1, 0.15) is 21.7 Å². The maximum Gasteiger partial charge on any atom is 0.322 e. The summed E-state index contributed by atoms with van der Waals surface area (Å²) < 4.78 is 10.9. The Morgan fingerprint density at radius 1 is 1.00 bits per heavy atom. The van der Waals surface area contributed by atoms with E-state index in [1.165, 1.54) is 7.11 Å². The first-order chi connectivity index (χ1) is 12.9. The van der Waals surface area contributed by atoms with Gasteiger partial charge in [-0.25, -0.2) is 9.97 Å². The Morgan fingerprint density at radius 3 is 2.30 bits per heavy atom. The lowest BCUT2D eigenvalue weighted by Crippen LogP contribution is -2.13. The fourth-order valence-electron chi connectivity index (χ4n) is 2.51. The number of hydrogen-bond acceptors (Lipinski definition) is 5. The molecule has 3 rings (SSSR count). The fourth-order valence-corrected chi connectivity index (χ4v) is 2.68. The van der Waals surface area contributed by atoms with Crippen LogP contribution in [0.15, 0.2) is 48.5 Å². The molecule has 0 aliphatic rings. The molecule has 0 radical (unpaired) electrons. The maximum atomic E-state index is 12.5. The van der Waals surface area contributed by atoms with Gasteiger partial charge in [-0.3, -0.25) is 4.79 Å². The number of benzene rings is 2. The second kappa shape index (κ2) is 8.05. The summed E-state index contributed by atoms with van der Waals surface area (Å²) in [5.74, 6) is 0.697. The second-order valence-corrected chi connectivity index (χ2v) is 6.29. The number of anilines is 1. The number of hydrogen-bond donors (Lipinski definition) is 1. The van der Waals surface area contributed by atoms with Gasteiger partial charge in [0.15, 0.2) is 0 Å². The number of carbonyl (C=O) groups excluding carboxylic acids is 1. The van der Waals surface area contributed by atoms with Gasteiger partial charge < -0.3 is 14.8 Å². The fraction of sp³-hybridized carbons (Fsp3) is 0.150. The van der Waals surface area contributed by atoms with Crippen LogP contribution in [0.4, 0.5) is 5.69 Å². The zero-order valence-corrected chi connectivity index (χ0v) is 15.9. The summed E-state index contributed by atoms with van der Waals surface area (Å²) in [7, 11) is 1.50. The monoisotopic (exact) mass is 383 g/mol. The van der Waals surface area contributed by atoms with Crippen LogP contribution >= 0.6 is 11.6 Å². The van der Waals surface area contributed by atoms with Gasteiger partial charge in [-0.05, 0) is 62.4 Å². The third-order valence-electron chi connectivity index (χ3n) is 3.69. The topological polar surface area (TPSA) is 73.3 Å². The summed E-state index contributed by atoms with van der Waals surface area (Å²) in [5, 5.41) is 3.26. The Labute approximate surface area is 162 Å². The van der Waals surface area contributed by atoms with Crippen LogP contribution in [0.25, 0.3) is 0 Å². The zero-order chi connectivity index (χ0) is 19.4. The zero-order valence-electron chi connectivity index (χ0n) is 15.1. The molecule has 2 aromatic carbocycles. The Bertz CT molecular complexity index is 954. The third-order valence-corrected chi connectivity index (χ3v) is 3.92. The lowest BCUT2D eigenvalue weighted by molar-refractivity contribution is 0.102. The van der Waals surface area contributed by atoms with Gasteiger partial charge in [0.05, 0.1) is 12.7 Å². The number of halogens is 1. The summed E-state index contributed by atoms with van der Waals surface area (Å²) in [6, 6.07) is 13.9. The highest BCUT2D eigenvalue weighted by Gasteiger charge is 2.13. The van der Waals surface area contributed by atoms with Crippen molar-refractivity contribution in [1.29, 1.82) is 0 Å². The minimum absolute atomic E-state index is 0.285. The van der Waals surface area contributed by atoms with Gasteiger partial charge in [0, 0.05) is 22.1 Å². The van der Waals surface area contributed by atoms with Gasteiger partial charge in [0.2, 0.25) is 0 Å². The molecule has 0 atom stereocenters. The molecule has 0 aliphatic carbocycles. The summed E-state index contributed by atoms with van der Waals surface area (Å²) in [6.45, 7) is 3.76. The average molecular weight is 384 g/mol. The van der Waals surface area contributed by atoms with E-state index in [2.05, 4.69) is 15.3 Å². The predicted octanol–water partition coefficient (Wildman–Crippen LogP) is 4.80. The van der Waals surface area contributed by atoms with Crippen LogP contribution in [0.3, 0.4) is 0 Å². The highest BCUT2D eigenvalue weighted by atomic mass is 35.5. The smallest absolute Gasteiger partial charge is 0.322 e. The first-order valence-electron chi connectivity index (χ1n) is 8.19. The number of ether oxygens (including phenoxy) is 2. The Hall–Kier alpha value is -3.12. The molecule has 7 heteroatoms. The summed E-state index contributed by atoms with van der Waals surface area (Å²) in [6.07, 6.45) is 0. The number of aryl methyl sites for hydroxylation is 2. The number of aromatic nitrogens is 2. The maximum absolute atomic E-state index is 12.5. The first kappa shape index (κ1) is 18.7. The van der Waals surface area contributed by atoms with Gasteiger partial charge >= 0.3 is 6.01 Å². The van der Waals surface area contributed by atoms with E-state index in [-0.39, 0.29) is 11.9 Å². The van der Waals surface area contributed by atoms with Crippen molar-refractivity contribution in [2.75, 3.05) is 12.4 Å². The third kappa shape index (κ3) is 4.74. The standard InChI is InChI=1S/C20H18ClN3O3/c1-12-10-13(2)23-20(22-12)27-16-7-5-15(6-8-16)24-19(25)17-11-14(21)4-9-18(17)26-3/h4-11H,1-3H3,(H,24,25). The molecule has 0 fully saturated rings. The lowest BCUT2D eigenvalue weighted by atomic mass is 10.2. The van der Waals surface area contributed by atoms with Crippen LogP contribution in [0, 0.1) is 13.8 Å². The molecule has 138 valence electrons. The molecule has 1 amide bonds. The van der Waals surface area contributed by atoms with Crippen LogP contribution in [0.5, 0.6) is 17.5 Å². The number of nitrogens with zero attached hydrogens (tertiary/aromatic N) is 2. The van der Waals surface area contributed by atoms with E-state index in [1.54, 1.807) is 42.5 Å². The van der Waals surface area contributed by atoms with Gasteiger partial charge in [-0.15, -0.1) is 0 Å². The molecule has 0 unspecified atom stereocenters. The van der Waals surface area contributed by atoms with Crippen molar-refractivity contribution < 1.29 is 14.3 Å². The molecule has 27 heavy (non-hydrogen) atoms. The molecule has 0 spiro atoms. The van der Waals surface area contributed by atoms with E-state index < -0.39 is 0 Å². The quantitative estimate of drug-likeness (QED) is 0.685. The molecule has 1 N–H and O–H groups in total. The van der Waals surface area contributed by atoms with Crippen LogP contribution in [-0.2, 0) is 0 Å². The van der Waals surface area contributed by atoms with E-state index in [0.717, 1.165) is 11.4 Å². The van der Waals surface area contributed by atoms with Crippen LogP contribution < -0.4 is 14.8 Å². The largest absolute Gasteiger partial charge is 0.496 e. The minimum atomic E-state index is -0.319. The SMILES string of the molecule is COc1ccc(Cl)cc1C(=O)Nc1ccc(Oc2nc(C)cc(C)n2)cc1. The normalized spacial score (nSPS) is 10.4. The van der Waals surface area contributed by atoms with Crippen molar-refractivity contribution in [3.63, 3.8) is 0 Å². The van der Waals surface area contributed by atoms with E-state index in [4.69, 9.17) is 21.1 Å². The van der Waals surface area contributed by atoms with Crippen LogP contribution in [0.2, 0.25) is 5.02 Å². The molecular weight excluding hydrogens is 366 g/mol. The first-order valence-corrected chi connectivity index (χ1v) is 8.57. The highest BCUT2D eigenvalue weighted by molar-refractivity contribution is 6.31. The van der Waals surface area contributed by atoms with Gasteiger partial charge in [-0.2, -0.15) is 0 Å². The molecule has 3 aromatic rings. The number of rotatable bonds is 5. The van der Waals surface area contributed by atoms with Crippen molar-refractivity contribution in [2.45, 2.75) is 13.8 Å². The molecule has 0 aliphatic heterocycles. The van der Waals surface area contributed by atoms with Crippen molar-refractivity contribution in [3.8, 4) is 17.5 Å². The van der Waals surface area contributed by atoms with Crippen molar-refractivity contribution >= 4 is 23.2 Å². The highest BCUT2D eigenvalue weighted by Crippen LogP contribution is 2.25. The molecule has 1 heterocycles. The molecular formula is C20H18ClN3O3. The minimum Gasteiger partial charge on any atom is -0.496 e. The van der Waals surface area contributed by atoms with E-state index in [0.29, 0.717) is 27.8 Å². The number of carbonyl (C=O) groups is 1. The molecule has 0 saturated heterocycles. The van der Waals surface area contributed by atoms with E-state index in [1.807, 2.05) is 19.9 Å². The molecule has 0 saturated carbocycles. The summed E-state index contributed by atoms with van der Waals surface area (Å²) >= 11 is 5.98. The average Bonchev–Trinajstić information content (AvgIpc) is 2.62. The van der Waals surface area contributed by atoms with Crippen molar-refractivity contribution in [3.05, 3.63) is 70.5 Å². The van der Waals surface area contributed by atoms with Gasteiger partial charge in [-0.1, -0.05) is 11.6 Å². The number of amides is 1. The number of methoxy groups -OCH3 is 1. The van der Waals surface area contributed by atoms with Gasteiger partial charge in [0.1, 0.15) is 11.5 Å². The molecule has 1 aromatic heterocycles. The van der Waals surface area contributed by atoms with Crippen LogP contribution in [-0.4, -0.2) is 23.0 Å². The summed E-state index contributed by atoms with van der Waals surface area (Å²) in [4.78, 5) is 21.0. The van der Waals surface area contributed by atoms with E-state index >= 15 is 0 Å². The number of nitrogens with one attached hydrogen (secondary N) is 1. The Balaban J connectivity index is 1.72. The van der Waals surface area contributed by atoms with Crippen molar-refractivity contribution in [2.24, 2.45) is 0 Å². The predicted molar refractivity (Wildman–Crippen MR) is 104 cm³/mol. The summed E-state index contributed by atoms with van der Waals surface area (Å²) in [5.41, 5.74) is 2.62. The Kier molecular flexibility index (Phi) is 5.57. The second-order valence-electron chi connectivity index (χ2n) is 5.86. The lowest BCUT2D eigenvalue weighted by Gasteiger charge is -2.10. The molecule has 6 nitrogen and oxygen atoms in total. The van der Waals surface area contributed by atoms with Gasteiger partial charge in [0.25, 0.3) is 5.91 Å². The van der Waals surface area contributed by atoms with E-state index in [9.17, 15) is 4.79 Å². The molecule has 0 bridgehead atoms. The van der Waals surface area contributed by atoms with Crippen molar-refractivity contribution in [1.82, 2.24) is 9.97 Å².